The first kappa shape index (κ1) is 18.6. The maximum Gasteiger partial charge on any atom is 0.250 e. The van der Waals surface area contributed by atoms with Crippen molar-refractivity contribution in [1.82, 2.24) is 4.57 Å². The quantitative estimate of drug-likeness (QED) is 0.393. The summed E-state index contributed by atoms with van der Waals surface area (Å²) in [7, 11) is 0. The van der Waals surface area contributed by atoms with Gasteiger partial charge in [0, 0.05) is 29.0 Å². The molecule has 0 atom stereocenters. The molecule has 0 saturated carbocycles. The number of halogens is 1. The third kappa shape index (κ3) is 9.23. The summed E-state index contributed by atoms with van der Waals surface area (Å²) in [6, 6.07) is 3.38. The van der Waals surface area contributed by atoms with Crippen molar-refractivity contribution in [2.75, 3.05) is 39.6 Å². The van der Waals surface area contributed by atoms with E-state index in [2.05, 4.69) is 29.5 Å². The highest BCUT2D eigenvalue weighted by molar-refractivity contribution is 14.1. The predicted molar refractivity (Wildman–Crippen MR) is 90.8 cm³/mol. The Morgan fingerprint density at radius 2 is 1.62 bits per heavy atom. The average Bonchev–Trinajstić information content (AvgIpc) is 2.48. The van der Waals surface area contributed by atoms with Crippen molar-refractivity contribution >= 4 is 22.6 Å². The van der Waals surface area contributed by atoms with Crippen LogP contribution in [0.3, 0.4) is 0 Å². The third-order valence-corrected chi connectivity index (χ3v) is 3.45. The minimum Gasteiger partial charge on any atom is -0.379 e. The van der Waals surface area contributed by atoms with Crippen LogP contribution in [0.4, 0.5) is 0 Å². The van der Waals surface area contributed by atoms with E-state index in [0.29, 0.717) is 39.6 Å². The lowest BCUT2D eigenvalue weighted by atomic mass is 10.4. The molecule has 6 heteroatoms. The van der Waals surface area contributed by atoms with Crippen LogP contribution in [0.25, 0.3) is 0 Å². The van der Waals surface area contributed by atoms with E-state index >= 15 is 0 Å². The summed E-state index contributed by atoms with van der Waals surface area (Å²) in [6.45, 7) is 6.35. The van der Waals surface area contributed by atoms with E-state index in [-0.39, 0.29) is 5.56 Å². The lowest BCUT2D eigenvalue weighted by Crippen LogP contribution is -2.21. The Hall–Kier alpha value is -0.440. The molecule has 0 aliphatic heterocycles. The van der Waals surface area contributed by atoms with Gasteiger partial charge in [0.2, 0.25) is 0 Å². The zero-order valence-electron chi connectivity index (χ0n) is 12.6. The summed E-state index contributed by atoms with van der Waals surface area (Å²) in [4.78, 5) is 11.6. The highest BCUT2D eigenvalue weighted by Crippen LogP contribution is 1.99. The summed E-state index contributed by atoms with van der Waals surface area (Å²) in [5.74, 6) is 0. The van der Waals surface area contributed by atoms with Gasteiger partial charge in [-0.25, -0.2) is 0 Å². The zero-order chi connectivity index (χ0) is 15.3. The second kappa shape index (κ2) is 12.1. The molecule has 0 aliphatic carbocycles. The van der Waals surface area contributed by atoms with Crippen LogP contribution in [-0.4, -0.2) is 44.2 Å². The Balaban J connectivity index is 1.95. The number of aromatic nitrogens is 1. The van der Waals surface area contributed by atoms with Gasteiger partial charge in [-0.2, -0.15) is 0 Å². The van der Waals surface area contributed by atoms with E-state index in [1.165, 1.54) is 0 Å². The third-order valence-electron chi connectivity index (χ3n) is 2.81. The Morgan fingerprint density at radius 1 is 1.00 bits per heavy atom. The van der Waals surface area contributed by atoms with Crippen molar-refractivity contribution < 1.29 is 14.2 Å². The molecule has 0 bridgehead atoms. The molecule has 1 heterocycles. The van der Waals surface area contributed by atoms with Crippen molar-refractivity contribution in [3.05, 3.63) is 32.3 Å². The van der Waals surface area contributed by atoms with Crippen molar-refractivity contribution in [1.29, 1.82) is 0 Å². The van der Waals surface area contributed by atoms with Crippen LogP contribution in [0.15, 0.2) is 23.1 Å². The van der Waals surface area contributed by atoms with Crippen LogP contribution in [0, 0.1) is 3.57 Å². The Bertz CT molecular complexity index is 436. The first-order valence-electron chi connectivity index (χ1n) is 7.33. The SMILES string of the molecule is CCCCOCCOCCOCCn1cc(I)ccc1=O. The van der Waals surface area contributed by atoms with Crippen LogP contribution in [0.1, 0.15) is 19.8 Å². The molecule has 0 unspecified atom stereocenters. The van der Waals surface area contributed by atoms with E-state index in [9.17, 15) is 4.79 Å². The van der Waals surface area contributed by atoms with E-state index in [1.54, 1.807) is 16.7 Å². The second-order valence-corrected chi connectivity index (χ2v) is 5.82. The van der Waals surface area contributed by atoms with Gasteiger partial charge in [0.15, 0.2) is 0 Å². The molecular formula is C15H24INO4. The highest BCUT2D eigenvalue weighted by Gasteiger charge is 1.97. The van der Waals surface area contributed by atoms with Crippen LogP contribution in [0.5, 0.6) is 0 Å². The van der Waals surface area contributed by atoms with Crippen LogP contribution in [-0.2, 0) is 20.8 Å². The summed E-state index contributed by atoms with van der Waals surface area (Å²) < 4.78 is 18.9. The summed E-state index contributed by atoms with van der Waals surface area (Å²) >= 11 is 2.18. The number of hydrogen-bond acceptors (Lipinski definition) is 4. The average molecular weight is 409 g/mol. The maximum atomic E-state index is 11.6. The molecule has 0 saturated heterocycles. The number of rotatable bonds is 12. The Morgan fingerprint density at radius 3 is 2.29 bits per heavy atom. The van der Waals surface area contributed by atoms with Gasteiger partial charge in [-0.1, -0.05) is 13.3 Å². The number of hydrogen-bond donors (Lipinski definition) is 0. The van der Waals surface area contributed by atoms with Crippen LogP contribution in [0.2, 0.25) is 0 Å². The zero-order valence-corrected chi connectivity index (χ0v) is 14.7. The summed E-state index contributed by atoms with van der Waals surface area (Å²) in [5.41, 5.74) is -0.000469. The topological polar surface area (TPSA) is 49.7 Å². The fourth-order valence-corrected chi connectivity index (χ4v) is 2.14. The van der Waals surface area contributed by atoms with Crippen LogP contribution < -0.4 is 5.56 Å². The molecule has 0 radical (unpaired) electrons. The predicted octanol–water partition coefficient (Wildman–Crippen LogP) is 2.30. The molecule has 1 aromatic heterocycles. The minimum absolute atomic E-state index is 0.000469. The number of ether oxygens (including phenoxy) is 3. The van der Waals surface area contributed by atoms with Gasteiger partial charge >= 0.3 is 0 Å². The Kier molecular flexibility index (Phi) is 10.8. The van der Waals surface area contributed by atoms with E-state index in [1.807, 2.05) is 6.20 Å². The van der Waals surface area contributed by atoms with Gasteiger partial charge in [0.05, 0.1) is 33.0 Å². The molecule has 21 heavy (non-hydrogen) atoms. The van der Waals surface area contributed by atoms with Gasteiger partial charge in [-0.3, -0.25) is 4.79 Å². The molecule has 120 valence electrons. The van der Waals surface area contributed by atoms with Crippen LogP contribution >= 0.6 is 22.6 Å². The first-order chi connectivity index (χ1) is 10.2. The van der Waals surface area contributed by atoms with Gasteiger partial charge in [0.25, 0.3) is 5.56 Å². The van der Waals surface area contributed by atoms with Gasteiger partial charge < -0.3 is 18.8 Å². The van der Waals surface area contributed by atoms with E-state index < -0.39 is 0 Å². The molecule has 0 aromatic carbocycles. The monoisotopic (exact) mass is 409 g/mol. The summed E-state index contributed by atoms with van der Waals surface area (Å²) in [5, 5.41) is 0. The smallest absolute Gasteiger partial charge is 0.250 e. The normalized spacial score (nSPS) is 11.0. The summed E-state index contributed by atoms with van der Waals surface area (Å²) in [6.07, 6.45) is 4.08. The lowest BCUT2D eigenvalue weighted by Gasteiger charge is -2.08. The van der Waals surface area contributed by atoms with E-state index in [4.69, 9.17) is 14.2 Å². The fraction of sp³-hybridized carbons (Fsp3) is 0.667. The maximum absolute atomic E-state index is 11.6. The molecule has 0 aliphatic rings. The van der Waals surface area contributed by atoms with Crippen molar-refractivity contribution in [3.8, 4) is 0 Å². The number of nitrogens with zero attached hydrogens (tertiary/aromatic N) is 1. The standard InChI is InChI=1S/C15H24INO4/c1-2-3-7-19-9-11-21-12-10-20-8-6-17-13-14(16)4-5-15(17)18/h4-5,13H,2-3,6-12H2,1H3. The molecule has 1 aromatic rings. The highest BCUT2D eigenvalue weighted by atomic mass is 127. The molecular weight excluding hydrogens is 385 g/mol. The minimum atomic E-state index is -0.000469. The van der Waals surface area contributed by atoms with Crippen molar-refractivity contribution in [2.45, 2.75) is 26.3 Å². The van der Waals surface area contributed by atoms with Gasteiger partial charge in [0.1, 0.15) is 0 Å². The molecule has 5 nitrogen and oxygen atoms in total. The first-order valence-corrected chi connectivity index (χ1v) is 8.41. The van der Waals surface area contributed by atoms with Crippen molar-refractivity contribution in [2.24, 2.45) is 0 Å². The fourth-order valence-electron chi connectivity index (χ4n) is 1.63. The Labute approximate surface area is 139 Å². The van der Waals surface area contributed by atoms with Crippen molar-refractivity contribution in [3.63, 3.8) is 0 Å². The lowest BCUT2D eigenvalue weighted by molar-refractivity contribution is 0.0126. The van der Waals surface area contributed by atoms with Gasteiger partial charge in [-0.05, 0) is 35.1 Å². The molecule has 0 N–H and O–H groups in total. The largest absolute Gasteiger partial charge is 0.379 e. The molecule has 0 amide bonds. The van der Waals surface area contributed by atoms with E-state index in [0.717, 1.165) is 23.0 Å². The van der Waals surface area contributed by atoms with Gasteiger partial charge in [-0.15, -0.1) is 0 Å². The number of unbranched alkanes of at least 4 members (excludes halogenated alkanes) is 1. The molecule has 0 spiro atoms. The molecule has 0 fully saturated rings. The number of pyridine rings is 1. The second-order valence-electron chi connectivity index (χ2n) is 4.57. The molecule has 1 rings (SSSR count).